The molecule has 0 amide bonds. The molecule has 0 aliphatic heterocycles. The van der Waals surface area contributed by atoms with Crippen molar-refractivity contribution in [3.05, 3.63) is 0 Å². The van der Waals surface area contributed by atoms with E-state index in [-0.39, 0.29) is 0 Å². The van der Waals surface area contributed by atoms with Crippen LogP contribution in [0.25, 0.3) is 0 Å². The lowest BCUT2D eigenvalue weighted by molar-refractivity contribution is 0.690. The van der Waals surface area contributed by atoms with Crippen molar-refractivity contribution in [2.45, 2.75) is 39.5 Å². The highest BCUT2D eigenvalue weighted by Gasteiger charge is 1.75. The van der Waals surface area contributed by atoms with Gasteiger partial charge in [0.1, 0.15) is 0 Å². The van der Waals surface area contributed by atoms with Gasteiger partial charge in [-0.1, -0.05) is 39.5 Å². The molecule has 0 saturated carbocycles. The van der Waals surface area contributed by atoms with Gasteiger partial charge in [-0.05, 0) is 0 Å². The van der Waals surface area contributed by atoms with Gasteiger partial charge in [-0.2, -0.15) is 0 Å². The Morgan fingerprint density at radius 2 is 1.22 bits per heavy atom. The summed E-state index contributed by atoms with van der Waals surface area (Å²) in [4.78, 5) is 0. The minimum Gasteiger partial charge on any atom is -0.458 e. The van der Waals surface area contributed by atoms with E-state index >= 15 is 0 Å². The highest BCUT2D eigenvalue weighted by Crippen LogP contribution is 1.95. The zero-order valence-corrected chi connectivity index (χ0v) is 8.24. The van der Waals surface area contributed by atoms with Crippen molar-refractivity contribution in [1.82, 2.24) is 0 Å². The minimum atomic E-state index is 1.36. The van der Waals surface area contributed by atoms with Gasteiger partial charge in [0.2, 0.25) is 21.0 Å². The summed E-state index contributed by atoms with van der Waals surface area (Å²) in [5.41, 5.74) is 0. The van der Waals surface area contributed by atoms with Gasteiger partial charge in [0.25, 0.3) is 0 Å². The van der Waals surface area contributed by atoms with Gasteiger partial charge in [-0.25, -0.2) is 0 Å². The van der Waals surface area contributed by atoms with Crippen LogP contribution in [-0.2, 0) is 4.12 Å². The standard InChI is InChI=1S/C6H14.OSi2/c1-3-5-6-4-2;2-1-3/h3-6H2,1-2H3;. The molecule has 0 rings (SSSR count). The third-order valence-corrected chi connectivity index (χ3v) is 0.957. The van der Waals surface area contributed by atoms with Crippen molar-refractivity contribution in [2.24, 2.45) is 0 Å². The van der Waals surface area contributed by atoms with Crippen LogP contribution in [0.2, 0.25) is 0 Å². The molecule has 0 unspecified atom stereocenters. The molecular weight excluding hydrogens is 144 g/mol. The van der Waals surface area contributed by atoms with Gasteiger partial charge in [-0.15, -0.1) is 0 Å². The zero-order valence-electron chi connectivity index (χ0n) is 6.24. The molecule has 9 heavy (non-hydrogen) atoms. The fourth-order valence-electron chi connectivity index (χ4n) is 0.500. The minimum absolute atomic E-state index is 1.36. The molecular formula is C6H14OSi2. The second kappa shape index (κ2) is 15.8. The van der Waals surface area contributed by atoms with Crippen LogP contribution in [0.4, 0.5) is 0 Å². The van der Waals surface area contributed by atoms with Gasteiger partial charge >= 0.3 is 0 Å². The van der Waals surface area contributed by atoms with E-state index in [9.17, 15) is 0 Å². The topological polar surface area (TPSA) is 9.23 Å². The lowest BCUT2D eigenvalue weighted by Crippen LogP contribution is -1.66. The van der Waals surface area contributed by atoms with Crippen LogP contribution in [0.1, 0.15) is 39.5 Å². The molecule has 0 aliphatic rings. The summed E-state index contributed by atoms with van der Waals surface area (Å²) < 4.78 is 3.86. The van der Waals surface area contributed by atoms with Crippen molar-refractivity contribution >= 4 is 21.0 Å². The summed E-state index contributed by atoms with van der Waals surface area (Å²) in [6.07, 6.45) is 5.54. The van der Waals surface area contributed by atoms with E-state index in [2.05, 4.69) is 38.9 Å². The second-order valence-electron chi connectivity index (χ2n) is 1.81. The SMILES string of the molecule is CCCCCC.[Si]O[Si]. The van der Waals surface area contributed by atoms with Crippen molar-refractivity contribution in [3.8, 4) is 0 Å². The van der Waals surface area contributed by atoms with E-state index in [4.69, 9.17) is 0 Å². The van der Waals surface area contributed by atoms with Crippen LogP contribution in [0.15, 0.2) is 0 Å². The fourth-order valence-corrected chi connectivity index (χ4v) is 0.500. The summed E-state index contributed by atoms with van der Waals surface area (Å²) in [5.74, 6) is 0. The van der Waals surface area contributed by atoms with Crippen LogP contribution in [0.3, 0.4) is 0 Å². The molecule has 0 aromatic rings. The third-order valence-electron chi connectivity index (χ3n) is 0.957. The first-order valence-electron chi connectivity index (χ1n) is 3.32. The van der Waals surface area contributed by atoms with Crippen LogP contribution in [0, 0.1) is 0 Å². The van der Waals surface area contributed by atoms with Crippen molar-refractivity contribution in [3.63, 3.8) is 0 Å². The Labute approximate surface area is 65.3 Å². The van der Waals surface area contributed by atoms with Gasteiger partial charge < -0.3 is 4.12 Å². The molecule has 0 saturated heterocycles. The van der Waals surface area contributed by atoms with Crippen molar-refractivity contribution in [2.75, 3.05) is 0 Å². The average Bonchev–Trinajstić information content (AvgIpc) is 1.86. The molecule has 0 bridgehead atoms. The summed E-state index contributed by atoms with van der Waals surface area (Å²) in [6, 6.07) is 0. The van der Waals surface area contributed by atoms with E-state index in [0.717, 1.165) is 0 Å². The number of hydrogen-bond acceptors (Lipinski definition) is 1. The first-order chi connectivity index (χ1) is 4.33. The molecule has 0 atom stereocenters. The van der Waals surface area contributed by atoms with Crippen molar-refractivity contribution < 1.29 is 4.12 Å². The van der Waals surface area contributed by atoms with Crippen LogP contribution < -0.4 is 0 Å². The highest BCUT2D eigenvalue weighted by atomic mass is 28.3. The van der Waals surface area contributed by atoms with Crippen LogP contribution >= 0.6 is 0 Å². The van der Waals surface area contributed by atoms with Gasteiger partial charge in [0, 0.05) is 0 Å². The largest absolute Gasteiger partial charge is 0.458 e. The maximum absolute atomic E-state index is 3.86. The first kappa shape index (κ1) is 12.1. The lowest BCUT2D eigenvalue weighted by Gasteiger charge is -1.86. The molecule has 52 valence electrons. The molecule has 0 spiro atoms. The summed E-state index contributed by atoms with van der Waals surface area (Å²) in [5, 5.41) is 0. The predicted octanol–water partition coefficient (Wildman–Crippen LogP) is 1.76. The summed E-state index contributed by atoms with van der Waals surface area (Å²) in [6.45, 7) is 4.46. The van der Waals surface area contributed by atoms with E-state index in [1.165, 1.54) is 25.7 Å². The smallest absolute Gasteiger partial charge is 0.229 e. The molecule has 6 radical (unpaired) electrons. The molecule has 0 fully saturated rings. The number of unbranched alkanes of at least 4 members (excludes halogenated alkanes) is 3. The fraction of sp³-hybridized carbons (Fsp3) is 1.00. The quantitative estimate of drug-likeness (QED) is 0.449. The molecule has 0 aliphatic carbocycles. The van der Waals surface area contributed by atoms with E-state index < -0.39 is 0 Å². The monoisotopic (exact) mass is 158 g/mol. The van der Waals surface area contributed by atoms with E-state index in [0.29, 0.717) is 0 Å². The Morgan fingerprint density at radius 3 is 1.33 bits per heavy atom. The number of rotatable bonds is 3. The normalized spacial score (nSPS) is 8.00. The van der Waals surface area contributed by atoms with Crippen LogP contribution in [-0.4, -0.2) is 21.0 Å². The highest BCUT2D eigenvalue weighted by molar-refractivity contribution is 6.15. The number of hydrogen-bond donors (Lipinski definition) is 0. The van der Waals surface area contributed by atoms with E-state index in [1.807, 2.05) is 0 Å². The molecule has 1 nitrogen and oxygen atoms in total. The maximum atomic E-state index is 3.86. The average molecular weight is 158 g/mol. The van der Waals surface area contributed by atoms with Gasteiger partial charge in [-0.3, -0.25) is 0 Å². The molecule has 3 heteroatoms. The summed E-state index contributed by atoms with van der Waals surface area (Å²) in [7, 11) is 5.19. The Kier molecular flexibility index (Phi) is 21.2. The second-order valence-corrected chi connectivity index (χ2v) is 2.63. The molecule has 0 heterocycles. The Morgan fingerprint density at radius 1 is 1.00 bits per heavy atom. The lowest BCUT2D eigenvalue weighted by atomic mass is 10.2. The van der Waals surface area contributed by atoms with Crippen LogP contribution in [0.5, 0.6) is 0 Å². The Balaban J connectivity index is 0. The predicted molar refractivity (Wildman–Crippen MR) is 42.4 cm³/mol. The van der Waals surface area contributed by atoms with Gasteiger partial charge in [0.05, 0.1) is 0 Å². The molecule has 0 aromatic heterocycles. The first-order valence-corrected chi connectivity index (χ1v) is 4.14. The van der Waals surface area contributed by atoms with Crippen molar-refractivity contribution in [1.29, 1.82) is 0 Å². The Hall–Kier alpha value is 0.394. The molecule has 0 N–H and O–H groups in total. The third kappa shape index (κ3) is 29.8. The zero-order chi connectivity index (χ0) is 7.54. The Bertz CT molecular complexity index is 30.2. The summed E-state index contributed by atoms with van der Waals surface area (Å²) >= 11 is 0. The van der Waals surface area contributed by atoms with Gasteiger partial charge in [0.15, 0.2) is 0 Å². The maximum Gasteiger partial charge on any atom is 0.229 e. The molecule has 0 aromatic carbocycles. The van der Waals surface area contributed by atoms with E-state index in [1.54, 1.807) is 0 Å².